The van der Waals surface area contributed by atoms with Crippen molar-refractivity contribution in [2.24, 2.45) is 5.92 Å². The Balaban J connectivity index is 0.000000385. The number of hydrogen-bond donors (Lipinski definition) is 3. The second kappa shape index (κ2) is 6.11. The lowest BCUT2D eigenvalue weighted by Gasteiger charge is -2.18. The van der Waals surface area contributed by atoms with Gasteiger partial charge in [0.25, 0.3) is 0 Å². The van der Waals surface area contributed by atoms with E-state index in [2.05, 4.69) is 6.58 Å². The lowest BCUT2D eigenvalue weighted by atomic mass is 9.85. The Morgan fingerprint density at radius 3 is 2.25 bits per heavy atom. The topological polar surface area (TPSA) is 94.8 Å². The standard InChI is InChI=1S/C10H14O.H3O4P/c1-7(2)9-5-4-8(3)10(11)6-9;1-5(2,3)4/h4,9H,1,5-6H2,2-3H3;(H3,1,2,3,4). The summed E-state index contributed by atoms with van der Waals surface area (Å²) in [6, 6.07) is 0. The molecule has 1 rings (SSSR count). The van der Waals surface area contributed by atoms with Crippen molar-refractivity contribution in [3.05, 3.63) is 23.8 Å². The summed E-state index contributed by atoms with van der Waals surface area (Å²) in [7, 11) is -4.64. The highest BCUT2D eigenvalue weighted by Crippen LogP contribution is 2.26. The van der Waals surface area contributed by atoms with E-state index in [0.717, 1.165) is 17.6 Å². The van der Waals surface area contributed by atoms with E-state index in [1.165, 1.54) is 0 Å². The summed E-state index contributed by atoms with van der Waals surface area (Å²) >= 11 is 0. The molecule has 0 fully saturated rings. The van der Waals surface area contributed by atoms with Crippen LogP contribution in [0.1, 0.15) is 26.7 Å². The van der Waals surface area contributed by atoms with Crippen LogP contribution < -0.4 is 0 Å². The van der Waals surface area contributed by atoms with Gasteiger partial charge >= 0.3 is 7.82 Å². The van der Waals surface area contributed by atoms with Crippen LogP contribution >= 0.6 is 7.82 Å². The molecule has 3 N–H and O–H groups in total. The van der Waals surface area contributed by atoms with Gasteiger partial charge in [0, 0.05) is 6.42 Å². The van der Waals surface area contributed by atoms with Crippen molar-refractivity contribution >= 4 is 13.6 Å². The minimum atomic E-state index is -4.64. The van der Waals surface area contributed by atoms with E-state index in [0.29, 0.717) is 12.3 Å². The van der Waals surface area contributed by atoms with Gasteiger partial charge in [-0.15, -0.1) is 0 Å². The molecule has 16 heavy (non-hydrogen) atoms. The third-order valence-corrected chi connectivity index (χ3v) is 2.28. The van der Waals surface area contributed by atoms with Gasteiger partial charge in [-0.25, -0.2) is 4.57 Å². The molecule has 0 aromatic carbocycles. The van der Waals surface area contributed by atoms with E-state index in [4.69, 9.17) is 19.2 Å². The van der Waals surface area contributed by atoms with Crippen LogP contribution in [0.3, 0.4) is 0 Å². The summed E-state index contributed by atoms with van der Waals surface area (Å²) in [5.74, 6) is 0.676. The van der Waals surface area contributed by atoms with Crippen molar-refractivity contribution in [1.29, 1.82) is 0 Å². The zero-order valence-corrected chi connectivity index (χ0v) is 10.3. The Bertz CT molecular complexity index is 344. The fourth-order valence-electron chi connectivity index (χ4n) is 1.28. The molecule has 0 amide bonds. The number of carbonyl (C=O) groups excluding carboxylic acids is 1. The van der Waals surface area contributed by atoms with Gasteiger partial charge in [0.1, 0.15) is 0 Å². The number of carbonyl (C=O) groups is 1. The lowest BCUT2D eigenvalue weighted by Crippen LogP contribution is -2.14. The maximum absolute atomic E-state index is 11.2. The highest BCUT2D eigenvalue weighted by molar-refractivity contribution is 7.45. The van der Waals surface area contributed by atoms with Crippen LogP contribution in [0.4, 0.5) is 0 Å². The van der Waals surface area contributed by atoms with Gasteiger partial charge in [0.2, 0.25) is 0 Å². The molecule has 0 aromatic rings. The van der Waals surface area contributed by atoms with Gasteiger partial charge in [0.15, 0.2) is 5.78 Å². The Morgan fingerprint density at radius 1 is 1.50 bits per heavy atom. The molecule has 0 aromatic heterocycles. The number of allylic oxidation sites excluding steroid dienone is 3. The average molecular weight is 248 g/mol. The summed E-state index contributed by atoms with van der Waals surface area (Å²) in [6.45, 7) is 7.74. The van der Waals surface area contributed by atoms with Crippen LogP contribution in [-0.4, -0.2) is 20.5 Å². The first kappa shape index (κ1) is 15.3. The molecule has 5 nitrogen and oxygen atoms in total. The highest BCUT2D eigenvalue weighted by Gasteiger charge is 2.19. The summed E-state index contributed by atoms with van der Waals surface area (Å²) in [4.78, 5) is 32.8. The number of hydrogen-bond acceptors (Lipinski definition) is 2. The van der Waals surface area contributed by atoms with Crippen LogP contribution in [-0.2, 0) is 9.36 Å². The molecular formula is C10H17O5P. The molecule has 1 aliphatic rings. The molecular weight excluding hydrogens is 231 g/mol. The van der Waals surface area contributed by atoms with Crippen LogP contribution in [0, 0.1) is 5.92 Å². The van der Waals surface area contributed by atoms with E-state index in [9.17, 15) is 4.79 Å². The van der Waals surface area contributed by atoms with Crippen molar-refractivity contribution in [2.45, 2.75) is 26.7 Å². The zero-order chi connectivity index (χ0) is 12.9. The zero-order valence-electron chi connectivity index (χ0n) is 9.38. The maximum atomic E-state index is 11.2. The van der Waals surface area contributed by atoms with Crippen molar-refractivity contribution in [1.82, 2.24) is 0 Å². The number of Topliss-reactive ketones (excluding diaryl/α,β-unsaturated/α-hetero) is 1. The Hall–Kier alpha value is -0.740. The van der Waals surface area contributed by atoms with Gasteiger partial charge in [0.05, 0.1) is 0 Å². The molecule has 1 atom stereocenters. The van der Waals surface area contributed by atoms with Crippen LogP contribution in [0.15, 0.2) is 23.8 Å². The molecule has 0 aliphatic heterocycles. The van der Waals surface area contributed by atoms with Gasteiger partial charge in [-0.2, -0.15) is 0 Å². The van der Waals surface area contributed by atoms with Crippen molar-refractivity contribution < 1.29 is 24.0 Å². The summed E-state index contributed by atoms with van der Waals surface area (Å²) in [5, 5.41) is 0. The Labute approximate surface area is 94.7 Å². The SMILES string of the molecule is C=C(C)C1CC=C(C)C(=O)C1.O=P(O)(O)O. The molecule has 6 heteroatoms. The van der Waals surface area contributed by atoms with Crippen molar-refractivity contribution in [3.8, 4) is 0 Å². The maximum Gasteiger partial charge on any atom is 0.466 e. The van der Waals surface area contributed by atoms with E-state index >= 15 is 0 Å². The minimum absolute atomic E-state index is 0.282. The molecule has 1 unspecified atom stereocenters. The summed E-state index contributed by atoms with van der Waals surface area (Å²) < 4.78 is 8.88. The first-order valence-corrected chi connectivity index (χ1v) is 6.31. The van der Waals surface area contributed by atoms with Crippen LogP contribution in [0.2, 0.25) is 0 Å². The first-order chi connectivity index (χ1) is 7.11. The third-order valence-electron chi connectivity index (χ3n) is 2.28. The third kappa shape index (κ3) is 7.54. The first-order valence-electron chi connectivity index (χ1n) is 4.75. The second-order valence-corrected chi connectivity index (χ2v) is 4.83. The largest absolute Gasteiger partial charge is 0.466 e. The molecule has 0 bridgehead atoms. The molecule has 92 valence electrons. The van der Waals surface area contributed by atoms with Crippen LogP contribution in [0.25, 0.3) is 0 Å². The normalized spacial score (nSPS) is 20.7. The minimum Gasteiger partial charge on any atom is -0.303 e. The lowest BCUT2D eigenvalue weighted by molar-refractivity contribution is -0.116. The Kier molecular flexibility index (Phi) is 5.83. The number of ketones is 1. The Morgan fingerprint density at radius 2 is 1.94 bits per heavy atom. The van der Waals surface area contributed by atoms with Crippen molar-refractivity contribution in [3.63, 3.8) is 0 Å². The highest BCUT2D eigenvalue weighted by atomic mass is 31.2. The van der Waals surface area contributed by atoms with Gasteiger partial charge in [-0.1, -0.05) is 18.2 Å². The average Bonchev–Trinajstić information content (AvgIpc) is 2.06. The van der Waals surface area contributed by atoms with Gasteiger partial charge in [-0.05, 0) is 31.8 Å². The van der Waals surface area contributed by atoms with Gasteiger partial charge < -0.3 is 14.7 Å². The van der Waals surface area contributed by atoms with Crippen LogP contribution in [0.5, 0.6) is 0 Å². The molecule has 1 aliphatic carbocycles. The summed E-state index contributed by atoms with van der Waals surface area (Å²) in [5.41, 5.74) is 2.05. The molecule has 0 saturated carbocycles. The van der Waals surface area contributed by atoms with Gasteiger partial charge in [-0.3, -0.25) is 4.79 Å². The second-order valence-electron chi connectivity index (χ2n) is 3.81. The number of rotatable bonds is 1. The van der Waals surface area contributed by atoms with E-state index in [1.54, 1.807) is 0 Å². The predicted molar refractivity (Wildman–Crippen MR) is 60.6 cm³/mol. The summed E-state index contributed by atoms with van der Waals surface area (Å²) in [6.07, 6.45) is 3.68. The van der Waals surface area contributed by atoms with Crippen molar-refractivity contribution in [2.75, 3.05) is 0 Å². The fraction of sp³-hybridized carbons (Fsp3) is 0.500. The quantitative estimate of drug-likeness (QED) is 0.483. The molecule has 0 radical (unpaired) electrons. The molecule has 0 heterocycles. The monoisotopic (exact) mass is 248 g/mol. The number of phosphoric acid groups is 1. The predicted octanol–water partition coefficient (Wildman–Crippen LogP) is 1.56. The smallest absolute Gasteiger partial charge is 0.303 e. The fourth-order valence-corrected chi connectivity index (χ4v) is 1.28. The van der Waals surface area contributed by atoms with E-state index in [-0.39, 0.29) is 5.78 Å². The van der Waals surface area contributed by atoms with E-state index < -0.39 is 7.82 Å². The molecule has 0 spiro atoms. The molecule has 0 saturated heterocycles. The van der Waals surface area contributed by atoms with E-state index in [1.807, 2.05) is 19.9 Å².